The molecule has 0 fully saturated rings. The first-order chi connectivity index (χ1) is 10.7. The lowest BCUT2D eigenvalue weighted by Crippen LogP contribution is -2.27. The van der Waals surface area contributed by atoms with Gasteiger partial charge in [-0.1, -0.05) is 6.07 Å². The number of carbonyl (C=O) groups excluding carboxylic acids is 1. The number of nitrogens with zero attached hydrogens (tertiary/aromatic N) is 3. The molecule has 2 rings (SSSR count). The van der Waals surface area contributed by atoms with Gasteiger partial charge in [0.05, 0.1) is 22.3 Å². The van der Waals surface area contributed by atoms with Crippen LogP contribution in [0.15, 0.2) is 34.9 Å². The fourth-order valence-electron chi connectivity index (χ4n) is 2.05. The minimum absolute atomic E-state index is 0.00614. The van der Waals surface area contributed by atoms with E-state index in [1.807, 2.05) is 6.92 Å². The molecule has 4 nitrogen and oxygen atoms in total. The molecule has 0 bridgehead atoms. The highest BCUT2D eigenvalue weighted by Gasteiger charge is 2.31. The van der Waals surface area contributed by atoms with Gasteiger partial charge in [0.25, 0.3) is 5.91 Å². The maximum absolute atomic E-state index is 12.7. The van der Waals surface area contributed by atoms with Crippen LogP contribution in [0, 0.1) is 0 Å². The minimum atomic E-state index is -4.47. The summed E-state index contributed by atoms with van der Waals surface area (Å²) in [5, 5.41) is 4.30. The Morgan fingerprint density at radius 3 is 2.65 bits per heavy atom. The molecule has 124 valence electrons. The van der Waals surface area contributed by atoms with Gasteiger partial charge >= 0.3 is 6.18 Å². The first-order valence-corrected chi connectivity index (χ1v) is 7.66. The van der Waals surface area contributed by atoms with Crippen LogP contribution >= 0.6 is 15.9 Å². The van der Waals surface area contributed by atoms with Crippen molar-refractivity contribution in [1.29, 1.82) is 0 Å². The fraction of sp³-hybridized carbons (Fsp3) is 0.333. The summed E-state index contributed by atoms with van der Waals surface area (Å²) in [6.07, 6.45) is -2.68. The number of hydrogen-bond donors (Lipinski definition) is 0. The zero-order chi connectivity index (χ0) is 17.2. The number of alkyl halides is 3. The SMILES string of the molecule is CCn1cc(Br)c(CN(C)C(=O)c2cccc(C(F)(F)F)c2)n1. The van der Waals surface area contributed by atoms with Gasteiger partial charge < -0.3 is 4.90 Å². The molecule has 1 aromatic carbocycles. The van der Waals surface area contributed by atoms with Crippen molar-refractivity contribution in [3.05, 3.63) is 51.8 Å². The third-order valence-electron chi connectivity index (χ3n) is 3.28. The van der Waals surface area contributed by atoms with Crippen molar-refractivity contribution in [2.24, 2.45) is 0 Å². The van der Waals surface area contributed by atoms with Crippen LogP contribution in [-0.2, 0) is 19.3 Å². The molecular formula is C15H15BrF3N3O. The van der Waals surface area contributed by atoms with Gasteiger partial charge in [-0.2, -0.15) is 18.3 Å². The van der Waals surface area contributed by atoms with E-state index < -0.39 is 17.6 Å². The Hall–Kier alpha value is -1.83. The number of aryl methyl sites for hydroxylation is 1. The normalized spacial score (nSPS) is 11.6. The average molecular weight is 390 g/mol. The van der Waals surface area contributed by atoms with E-state index in [1.54, 1.807) is 10.9 Å². The van der Waals surface area contributed by atoms with E-state index in [-0.39, 0.29) is 12.1 Å². The Labute approximate surface area is 140 Å². The van der Waals surface area contributed by atoms with Crippen LogP contribution in [0.5, 0.6) is 0 Å². The van der Waals surface area contributed by atoms with Crippen molar-refractivity contribution in [3.8, 4) is 0 Å². The molecule has 0 aliphatic carbocycles. The predicted octanol–water partition coefficient (Wildman–Crippen LogP) is 3.96. The number of carbonyl (C=O) groups is 1. The van der Waals surface area contributed by atoms with Crippen LogP contribution in [0.1, 0.15) is 28.5 Å². The van der Waals surface area contributed by atoms with Crippen molar-refractivity contribution in [3.63, 3.8) is 0 Å². The maximum atomic E-state index is 12.7. The molecule has 1 heterocycles. The van der Waals surface area contributed by atoms with Gasteiger partial charge in [-0.3, -0.25) is 9.48 Å². The van der Waals surface area contributed by atoms with Crippen molar-refractivity contribution < 1.29 is 18.0 Å². The van der Waals surface area contributed by atoms with Crippen LogP contribution in [-0.4, -0.2) is 27.6 Å². The Bertz CT molecular complexity index is 712. The van der Waals surface area contributed by atoms with Gasteiger partial charge in [-0.05, 0) is 41.1 Å². The second-order valence-corrected chi connectivity index (χ2v) is 5.87. The van der Waals surface area contributed by atoms with Crippen LogP contribution < -0.4 is 0 Å². The molecular weight excluding hydrogens is 375 g/mol. The summed E-state index contributed by atoms with van der Waals surface area (Å²) in [7, 11) is 1.53. The van der Waals surface area contributed by atoms with Crippen LogP contribution in [0.2, 0.25) is 0 Å². The number of benzene rings is 1. The predicted molar refractivity (Wildman–Crippen MR) is 82.8 cm³/mol. The first-order valence-electron chi connectivity index (χ1n) is 6.87. The Morgan fingerprint density at radius 1 is 1.39 bits per heavy atom. The molecule has 0 radical (unpaired) electrons. The number of amides is 1. The number of hydrogen-bond acceptors (Lipinski definition) is 2. The smallest absolute Gasteiger partial charge is 0.336 e. The van der Waals surface area contributed by atoms with E-state index in [0.717, 1.165) is 16.6 Å². The summed E-state index contributed by atoms with van der Waals surface area (Å²) in [6, 6.07) is 4.40. The van der Waals surface area contributed by atoms with Crippen LogP contribution in [0.4, 0.5) is 13.2 Å². The largest absolute Gasteiger partial charge is 0.416 e. The van der Waals surface area contributed by atoms with Gasteiger partial charge in [0.15, 0.2) is 0 Å². The summed E-state index contributed by atoms with van der Waals surface area (Å²) in [5.41, 5.74) is -0.198. The zero-order valence-electron chi connectivity index (χ0n) is 12.6. The van der Waals surface area contributed by atoms with Crippen LogP contribution in [0.3, 0.4) is 0 Å². The van der Waals surface area contributed by atoms with Crippen molar-refractivity contribution in [2.45, 2.75) is 26.2 Å². The third-order valence-corrected chi connectivity index (χ3v) is 3.94. The summed E-state index contributed by atoms with van der Waals surface area (Å²) < 4.78 is 40.7. The maximum Gasteiger partial charge on any atom is 0.416 e. The molecule has 1 aromatic heterocycles. The monoisotopic (exact) mass is 389 g/mol. The molecule has 0 spiro atoms. The summed E-state index contributed by atoms with van der Waals surface area (Å²) in [6.45, 7) is 2.81. The second-order valence-electron chi connectivity index (χ2n) is 5.02. The standard InChI is InChI=1S/C15H15BrF3N3O/c1-3-22-8-12(16)13(20-22)9-21(2)14(23)10-5-4-6-11(7-10)15(17,18)19/h4-8H,3,9H2,1-2H3. The van der Waals surface area contributed by atoms with E-state index in [4.69, 9.17) is 0 Å². The molecule has 0 atom stereocenters. The third kappa shape index (κ3) is 4.13. The highest BCUT2D eigenvalue weighted by molar-refractivity contribution is 9.10. The average Bonchev–Trinajstić information content (AvgIpc) is 2.86. The molecule has 0 aliphatic rings. The first kappa shape index (κ1) is 17.5. The van der Waals surface area contributed by atoms with Gasteiger partial charge in [0, 0.05) is 25.4 Å². The number of halogens is 4. The molecule has 0 aliphatic heterocycles. The highest BCUT2D eigenvalue weighted by Crippen LogP contribution is 2.29. The molecule has 0 unspecified atom stereocenters. The van der Waals surface area contributed by atoms with E-state index >= 15 is 0 Å². The Morgan fingerprint density at radius 2 is 2.09 bits per heavy atom. The van der Waals surface area contributed by atoms with Crippen molar-refractivity contribution in [1.82, 2.24) is 14.7 Å². The lowest BCUT2D eigenvalue weighted by molar-refractivity contribution is -0.137. The summed E-state index contributed by atoms with van der Waals surface area (Å²) in [4.78, 5) is 13.7. The summed E-state index contributed by atoms with van der Waals surface area (Å²) >= 11 is 3.36. The fourth-order valence-corrected chi connectivity index (χ4v) is 2.49. The van der Waals surface area contributed by atoms with E-state index in [2.05, 4.69) is 21.0 Å². The van der Waals surface area contributed by atoms with E-state index in [9.17, 15) is 18.0 Å². The van der Waals surface area contributed by atoms with Crippen molar-refractivity contribution >= 4 is 21.8 Å². The molecule has 0 saturated carbocycles. The molecule has 0 N–H and O–H groups in total. The Balaban J connectivity index is 2.18. The Kier molecular flexibility index (Phi) is 5.13. The molecule has 1 amide bonds. The van der Waals surface area contributed by atoms with Crippen LogP contribution in [0.25, 0.3) is 0 Å². The van der Waals surface area contributed by atoms with E-state index in [1.165, 1.54) is 24.1 Å². The topological polar surface area (TPSA) is 38.1 Å². The van der Waals surface area contributed by atoms with Crippen molar-refractivity contribution in [2.75, 3.05) is 7.05 Å². The molecule has 8 heteroatoms. The highest BCUT2D eigenvalue weighted by atomic mass is 79.9. The minimum Gasteiger partial charge on any atom is -0.336 e. The molecule has 23 heavy (non-hydrogen) atoms. The van der Waals surface area contributed by atoms with Gasteiger partial charge in [-0.25, -0.2) is 0 Å². The van der Waals surface area contributed by atoms with Gasteiger partial charge in [0.2, 0.25) is 0 Å². The lowest BCUT2D eigenvalue weighted by Gasteiger charge is -2.17. The van der Waals surface area contributed by atoms with Gasteiger partial charge in [0.1, 0.15) is 0 Å². The zero-order valence-corrected chi connectivity index (χ0v) is 14.1. The van der Waals surface area contributed by atoms with E-state index in [0.29, 0.717) is 12.2 Å². The summed E-state index contributed by atoms with van der Waals surface area (Å²) in [5.74, 6) is -0.492. The number of aromatic nitrogens is 2. The molecule has 2 aromatic rings. The molecule has 0 saturated heterocycles. The lowest BCUT2D eigenvalue weighted by atomic mass is 10.1. The van der Waals surface area contributed by atoms with Gasteiger partial charge in [-0.15, -0.1) is 0 Å². The number of rotatable bonds is 4. The second kappa shape index (κ2) is 6.74. The quantitative estimate of drug-likeness (QED) is 0.793.